The van der Waals surface area contributed by atoms with Gasteiger partial charge in [0.2, 0.25) is 0 Å². The molecule has 0 radical (unpaired) electrons. The van der Waals surface area contributed by atoms with E-state index in [1.807, 2.05) is 25.1 Å². The molecule has 1 aliphatic heterocycles. The molecule has 0 spiro atoms. The van der Waals surface area contributed by atoms with Crippen LogP contribution in [0.4, 0.5) is 13.2 Å². The molecule has 1 saturated heterocycles. The molecule has 0 amide bonds. The molecule has 1 nitrogen and oxygen atoms in total. The third-order valence-corrected chi connectivity index (χ3v) is 6.94. The van der Waals surface area contributed by atoms with Gasteiger partial charge in [-0.1, -0.05) is 73.9 Å². The maximum absolute atomic E-state index is 15.0. The van der Waals surface area contributed by atoms with Crippen molar-refractivity contribution in [1.82, 2.24) is 0 Å². The van der Waals surface area contributed by atoms with E-state index < -0.39 is 11.6 Å². The second kappa shape index (κ2) is 11.8. The number of benzene rings is 3. The molecule has 3 aromatic rings. The number of allylic oxidation sites excluding steroid dienone is 2. The molecule has 0 N–H and O–H groups in total. The maximum Gasteiger partial charge on any atom is 0.166 e. The molecular formula is C30H32BF3O. The highest BCUT2D eigenvalue weighted by molar-refractivity contribution is 6.08. The fourth-order valence-electron chi connectivity index (χ4n) is 4.77. The van der Waals surface area contributed by atoms with Gasteiger partial charge in [-0.3, -0.25) is 0 Å². The van der Waals surface area contributed by atoms with Crippen LogP contribution >= 0.6 is 0 Å². The van der Waals surface area contributed by atoms with Crippen LogP contribution in [0.25, 0.3) is 22.3 Å². The van der Waals surface area contributed by atoms with Crippen LogP contribution in [0.5, 0.6) is 0 Å². The number of hydrogen-bond donors (Lipinski definition) is 0. The Morgan fingerprint density at radius 2 is 1.60 bits per heavy atom. The quantitative estimate of drug-likeness (QED) is 0.240. The highest BCUT2D eigenvalue weighted by atomic mass is 19.2. The highest BCUT2D eigenvalue weighted by Gasteiger charge is 2.22. The number of aryl methyl sites for hydroxylation is 1. The van der Waals surface area contributed by atoms with Crippen molar-refractivity contribution < 1.29 is 17.9 Å². The van der Waals surface area contributed by atoms with E-state index in [1.54, 1.807) is 48.5 Å². The standard InChI is InChI=1S/C30H32BF3O/c1-2-3-4-5-6-22-12-16-27(30(34)29(22)33)21-9-7-20(8-10-21)26-15-13-23(17-28(26)32)24-11-14-25(18-31)35-19-24/h3-4,7-10,12-13,15-17,24-25H,2,5-6,11,14,18-19,31H2,1H3/b4-3+. The first kappa shape index (κ1) is 25.3. The second-order valence-corrected chi connectivity index (χ2v) is 9.27. The monoisotopic (exact) mass is 476 g/mol. The van der Waals surface area contributed by atoms with Crippen molar-refractivity contribution in [1.29, 1.82) is 0 Å². The largest absolute Gasteiger partial charge is 0.378 e. The molecule has 182 valence electrons. The Kier molecular flexibility index (Phi) is 8.51. The third kappa shape index (κ3) is 5.90. The van der Waals surface area contributed by atoms with E-state index in [-0.39, 0.29) is 17.3 Å². The van der Waals surface area contributed by atoms with Gasteiger partial charge < -0.3 is 4.74 Å². The lowest BCUT2D eigenvalue weighted by molar-refractivity contribution is 0.0158. The summed E-state index contributed by atoms with van der Waals surface area (Å²) in [4.78, 5) is 0. The molecule has 3 aromatic carbocycles. The van der Waals surface area contributed by atoms with Gasteiger partial charge in [0.05, 0.1) is 12.7 Å². The lowest BCUT2D eigenvalue weighted by atomic mass is 9.86. The Balaban J connectivity index is 1.49. The Morgan fingerprint density at radius 1 is 0.886 bits per heavy atom. The molecule has 0 saturated carbocycles. The Morgan fingerprint density at radius 3 is 2.23 bits per heavy atom. The molecule has 1 fully saturated rings. The van der Waals surface area contributed by atoms with Gasteiger partial charge in [0.25, 0.3) is 0 Å². The summed E-state index contributed by atoms with van der Waals surface area (Å²) in [7, 11) is 2.12. The van der Waals surface area contributed by atoms with E-state index in [9.17, 15) is 8.78 Å². The first-order valence-corrected chi connectivity index (χ1v) is 12.7. The van der Waals surface area contributed by atoms with Crippen molar-refractivity contribution in [3.63, 3.8) is 0 Å². The van der Waals surface area contributed by atoms with Crippen molar-refractivity contribution in [3.8, 4) is 22.3 Å². The minimum Gasteiger partial charge on any atom is -0.378 e. The van der Waals surface area contributed by atoms with E-state index in [0.29, 0.717) is 47.8 Å². The van der Waals surface area contributed by atoms with Crippen LogP contribution < -0.4 is 0 Å². The van der Waals surface area contributed by atoms with Crippen LogP contribution in [0, 0.1) is 17.5 Å². The van der Waals surface area contributed by atoms with Gasteiger partial charge in [-0.15, -0.1) is 0 Å². The molecule has 1 aliphatic rings. The molecule has 1 heterocycles. The summed E-state index contributed by atoms with van der Waals surface area (Å²) >= 11 is 0. The molecule has 2 atom stereocenters. The fraction of sp³-hybridized carbons (Fsp3) is 0.333. The third-order valence-electron chi connectivity index (χ3n) is 6.94. The van der Waals surface area contributed by atoms with Crippen molar-refractivity contribution in [3.05, 3.63) is 95.3 Å². The Labute approximate surface area is 207 Å². The van der Waals surface area contributed by atoms with E-state index >= 15 is 4.39 Å². The van der Waals surface area contributed by atoms with Crippen LogP contribution in [-0.4, -0.2) is 20.6 Å². The SMILES string of the molecule is BCC1CCC(c2ccc(-c3ccc(-c4ccc(CC/C=C/CC)c(F)c4F)cc3)c(F)c2)CO1. The predicted octanol–water partition coefficient (Wildman–Crippen LogP) is 7.65. The van der Waals surface area contributed by atoms with Gasteiger partial charge in [-0.25, -0.2) is 13.2 Å². The molecular weight excluding hydrogens is 444 g/mol. The molecule has 0 aromatic heterocycles. The zero-order chi connectivity index (χ0) is 24.8. The zero-order valence-electron chi connectivity index (χ0n) is 20.5. The zero-order valence-corrected chi connectivity index (χ0v) is 20.5. The van der Waals surface area contributed by atoms with E-state index in [1.165, 1.54) is 0 Å². The van der Waals surface area contributed by atoms with Gasteiger partial charge in [0, 0.05) is 17.0 Å². The molecule has 5 heteroatoms. The van der Waals surface area contributed by atoms with Gasteiger partial charge in [-0.2, -0.15) is 0 Å². The average Bonchev–Trinajstić information content (AvgIpc) is 2.89. The van der Waals surface area contributed by atoms with Gasteiger partial charge >= 0.3 is 0 Å². The molecule has 4 rings (SSSR count). The predicted molar refractivity (Wildman–Crippen MR) is 140 cm³/mol. The van der Waals surface area contributed by atoms with Gasteiger partial charge in [0.1, 0.15) is 13.7 Å². The first-order valence-electron chi connectivity index (χ1n) is 12.7. The lowest BCUT2D eigenvalue weighted by Crippen LogP contribution is -2.24. The van der Waals surface area contributed by atoms with Crippen molar-refractivity contribution in [2.75, 3.05) is 6.61 Å². The van der Waals surface area contributed by atoms with E-state index in [0.717, 1.165) is 31.1 Å². The fourth-order valence-corrected chi connectivity index (χ4v) is 4.77. The summed E-state index contributed by atoms with van der Waals surface area (Å²) in [5.74, 6) is -1.71. The van der Waals surface area contributed by atoms with Crippen LogP contribution in [0.1, 0.15) is 49.7 Å². The summed E-state index contributed by atoms with van der Waals surface area (Å²) in [6.45, 7) is 2.66. The molecule has 0 bridgehead atoms. The van der Waals surface area contributed by atoms with Crippen LogP contribution in [0.15, 0.2) is 66.7 Å². The van der Waals surface area contributed by atoms with E-state index in [4.69, 9.17) is 4.74 Å². The van der Waals surface area contributed by atoms with Crippen LogP contribution in [0.3, 0.4) is 0 Å². The summed E-state index contributed by atoms with van der Waals surface area (Å²) in [6, 6.07) is 15.6. The number of ether oxygens (including phenoxy) is 1. The Bertz CT molecular complexity index is 1160. The first-order chi connectivity index (χ1) is 17.0. The second-order valence-electron chi connectivity index (χ2n) is 9.27. The number of hydrogen-bond acceptors (Lipinski definition) is 1. The maximum atomic E-state index is 15.0. The molecule has 2 unspecified atom stereocenters. The van der Waals surface area contributed by atoms with Crippen LogP contribution in [0.2, 0.25) is 6.32 Å². The van der Waals surface area contributed by atoms with Crippen molar-refractivity contribution in [2.45, 2.75) is 57.4 Å². The van der Waals surface area contributed by atoms with E-state index in [2.05, 4.69) is 7.85 Å². The molecule has 35 heavy (non-hydrogen) atoms. The number of halogens is 3. The smallest absolute Gasteiger partial charge is 0.166 e. The van der Waals surface area contributed by atoms with Gasteiger partial charge in [0.15, 0.2) is 11.6 Å². The summed E-state index contributed by atoms with van der Waals surface area (Å²) in [6.07, 6.45) is 9.39. The highest BCUT2D eigenvalue weighted by Crippen LogP contribution is 2.34. The van der Waals surface area contributed by atoms with Crippen molar-refractivity contribution >= 4 is 7.85 Å². The minimum atomic E-state index is -0.842. The minimum absolute atomic E-state index is 0.209. The summed E-state index contributed by atoms with van der Waals surface area (Å²) in [5.41, 5.74) is 3.29. The topological polar surface area (TPSA) is 9.23 Å². The number of rotatable bonds is 8. The summed E-state index contributed by atoms with van der Waals surface area (Å²) in [5, 5.41) is 0. The summed E-state index contributed by atoms with van der Waals surface area (Å²) < 4.78 is 50.3. The Hall–Kier alpha value is -2.79. The lowest BCUT2D eigenvalue weighted by Gasteiger charge is -2.29. The molecule has 0 aliphatic carbocycles. The van der Waals surface area contributed by atoms with Gasteiger partial charge in [-0.05, 0) is 60.4 Å². The van der Waals surface area contributed by atoms with Crippen LogP contribution in [-0.2, 0) is 11.2 Å². The van der Waals surface area contributed by atoms with Crippen molar-refractivity contribution in [2.24, 2.45) is 0 Å². The average molecular weight is 476 g/mol. The normalized spacial score (nSPS) is 18.3.